The normalized spacial score (nSPS) is 15.6. The number of aliphatic hydroxyl groups is 1. The molecule has 0 heterocycles. The summed E-state index contributed by atoms with van der Waals surface area (Å²) < 4.78 is 5.49. The molecule has 5 nitrogen and oxygen atoms in total. The first kappa shape index (κ1) is 16.1. The highest BCUT2D eigenvalue weighted by Crippen LogP contribution is 2.25. The molecule has 6 heteroatoms. The largest absolute Gasteiger partial charge is 0.489 e. The molecule has 1 unspecified atom stereocenters. The Labute approximate surface area is 129 Å². The van der Waals surface area contributed by atoms with Crippen molar-refractivity contribution < 1.29 is 14.6 Å². The molecule has 0 aromatic heterocycles. The lowest BCUT2D eigenvalue weighted by Crippen LogP contribution is -2.32. The van der Waals surface area contributed by atoms with Crippen LogP contribution in [0.4, 0.5) is 0 Å². The van der Waals surface area contributed by atoms with Crippen molar-refractivity contribution in [3.8, 4) is 5.75 Å². The van der Waals surface area contributed by atoms with E-state index in [1.165, 1.54) is 12.8 Å². The third-order valence-electron chi connectivity index (χ3n) is 3.18. The molecule has 1 aliphatic carbocycles. The van der Waals surface area contributed by atoms with E-state index >= 15 is 0 Å². The molecular formula is C15H21ClN2O3. The molecule has 3 N–H and O–H groups in total. The molecule has 2 rings (SSSR count). The van der Waals surface area contributed by atoms with Crippen molar-refractivity contribution in [2.75, 3.05) is 19.7 Å². The molecule has 0 radical (unpaired) electrons. The van der Waals surface area contributed by atoms with Gasteiger partial charge < -0.3 is 20.5 Å². The number of rotatable bonds is 8. The Morgan fingerprint density at radius 3 is 2.90 bits per heavy atom. The summed E-state index contributed by atoms with van der Waals surface area (Å²) in [4.78, 5) is 11.7. The first-order chi connectivity index (χ1) is 10.1. The summed E-state index contributed by atoms with van der Waals surface area (Å²) in [5, 5.41) is 16.1. The third-order valence-corrected chi connectivity index (χ3v) is 3.48. The maximum absolute atomic E-state index is 11.7. The molecule has 0 saturated heterocycles. The zero-order valence-electron chi connectivity index (χ0n) is 12.1. The zero-order valence-corrected chi connectivity index (χ0v) is 12.8. The van der Waals surface area contributed by atoms with E-state index in [1.54, 1.807) is 18.2 Å². The first-order valence-electron chi connectivity index (χ1n) is 7.22. The molecule has 1 aromatic rings. The Morgan fingerprint density at radius 1 is 1.52 bits per heavy atom. The lowest BCUT2D eigenvalue weighted by molar-refractivity contribution is 0.0954. The molecule has 1 amide bonds. The highest BCUT2D eigenvalue weighted by Gasteiger charge is 2.21. The van der Waals surface area contributed by atoms with Gasteiger partial charge >= 0.3 is 0 Å². The Hall–Kier alpha value is -1.30. The molecule has 1 fully saturated rings. The van der Waals surface area contributed by atoms with Crippen molar-refractivity contribution in [1.82, 2.24) is 10.6 Å². The van der Waals surface area contributed by atoms with Gasteiger partial charge in [-0.1, -0.05) is 11.6 Å². The minimum absolute atomic E-state index is 0.167. The van der Waals surface area contributed by atoms with Crippen molar-refractivity contribution in [1.29, 1.82) is 0 Å². The Bertz CT molecular complexity index is 492. The molecule has 1 atom stereocenters. The van der Waals surface area contributed by atoms with Crippen LogP contribution in [0.25, 0.3) is 0 Å². The van der Waals surface area contributed by atoms with Gasteiger partial charge in [0.2, 0.25) is 0 Å². The Kier molecular flexibility index (Phi) is 5.85. The molecule has 21 heavy (non-hydrogen) atoms. The van der Waals surface area contributed by atoms with Gasteiger partial charge in [0.1, 0.15) is 18.5 Å². The first-order valence-corrected chi connectivity index (χ1v) is 7.60. The number of carbonyl (C=O) groups is 1. The lowest BCUT2D eigenvalue weighted by Gasteiger charge is -2.14. The van der Waals surface area contributed by atoms with E-state index in [9.17, 15) is 9.90 Å². The predicted molar refractivity (Wildman–Crippen MR) is 82.0 cm³/mol. The number of nitrogens with one attached hydrogen (secondary N) is 2. The summed E-state index contributed by atoms with van der Waals surface area (Å²) in [5.41, 5.74) is 0.491. The highest BCUT2D eigenvalue weighted by atomic mass is 35.5. The van der Waals surface area contributed by atoms with Gasteiger partial charge in [0, 0.05) is 24.7 Å². The minimum atomic E-state index is -0.579. The Morgan fingerprint density at radius 2 is 2.29 bits per heavy atom. The van der Waals surface area contributed by atoms with Gasteiger partial charge in [0.25, 0.3) is 5.91 Å². The van der Waals surface area contributed by atoms with E-state index in [2.05, 4.69) is 10.6 Å². The van der Waals surface area contributed by atoms with Crippen LogP contribution in [0.1, 0.15) is 30.1 Å². The maximum Gasteiger partial charge on any atom is 0.251 e. The second-order valence-electron chi connectivity index (χ2n) is 5.15. The average molecular weight is 313 g/mol. The van der Waals surface area contributed by atoms with Gasteiger partial charge in [-0.3, -0.25) is 4.79 Å². The average Bonchev–Trinajstić information content (AvgIpc) is 3.28. The fraction of sp³-hybridized carbons (Fsp3) is 0.533. The summed E-state index contributed by atoms with van der Waals surface area (Å²) in [6.07, 6.45) is 1.78. The van der Waals surface area contributed by atoms with Crippen molar-refractivity contribution >= 4 is 17.5 Å². The van der Waals surface area contributed by atoms with Crippen LogP contribution in [0.15, 0.2) is 18.2 Å². The fourth-order valence-corrected chi connectivity index (χ4v) is 2.09. The van der Waals surface area contributed by atoms with Gasteiger partial charge in [0.15, 0.2) is 0 Å². The van der Waals surface area contributed by atoms with Gasteiger partial charge in [-0.2, -0.15) is 0 Å². The summed E-state index contributed by atoms with van der Waals surface area (Å²) in [6.45, 7) is 3.10. The topological polar surface area (TPSA) is 70.6 Å². The van der Waals surface area contributed by atoms with Crippen molar-refractivity contribution in [2.24, 2.45) is 0 Å². The monoisotopic (exact) mass is 312 g/mol. The molecule has 1 saturated carbocycles. The number of aliphatic hydroxyl groups excluding tert-OH is 1. The highest BCUT2D eigenvalue weighted by molar-refractivity contribution is 6.32. The lowest BCUT2D eigenvalue weighted by atomic mass is 10.2. The molecule has 1 aromatic carbocycles. The number of halogens is 1. The number of amides is 1. The van der Waals surface area contributed by atoms with E-state index < -0.39 is 6.10 Å². The van der Waals surface area contributed by atoms with Crippen LogP contribution in [-0.2, 0) is 0 Å². The van der Waals surface area contributed by atoms with E-state index in [4.69, 9.17) is 16.3 Å². The van der Waals surface area contributed by atoms with Gasteiger partial charge in [-0.25, -0.2) is 0 Å². The molecule has 0 bridgehead atoms. The Balaban J connectivity index is 1.83. The molecule has 0 aliphatic heterocycles. The predicted octanol–water partition coefficient (Wildman–Crippen LogP) is 1.58. The fourth-order valence-electron chi connectivity index (χ4n) is 1.86. The zero-order chi connectivity index (χ0) is 15.2. The quantitative estimate of drug-likeness (QED) is 0.681. The van der Waals surface area contributed by atoms with Crippen molar-refractivity contribution in [2.45, 2.75) is 31.9 Å². The SMILES string of the molecule is CCNC(=O)c1ccc(OCC(O)CNC2CC2)c(Cl)c1. The second-order valence-corrected chi connectivity index (χ2v) is 5.56. The number of benzene rings is 1. The van der Waals surface area contributed by atoms with Crippen LogP contribution in [0.3, 0.4) is 0 Å². The van der Waals surface area contributed by atoms with E-state index in [0.29, 0.717) is 35.5 Å². The van der Waals surface area contributed by atoms with Gasteiger partial charge in [-0.05, 0) is 38.0 Å². The smallest absolute Gasteiger partial charge is 0.251 e. The summed E-state index contributed by atoms with van der Waals surface area (Å²) in [7, 11) is 0. The van der Waals surface area contributed by atoms with Crippen molar-refractivity contribution in [3.63, 3.8) is 0 Å². The molecular weight excluding hydrogens is 292 g/mol. The van der Waals surface area contributed by atoms with E-state index in [0.717, 1.165) is 0 Å². The summed E-state index contributed by atoms with van der Waals surface area (Å²) in [5.74, 6) is 0.301. The van der Waals surface area contributed by atoms with Crippen molar-refractivity contribution in [3.05, 3.63) is 28.8 Å². The molecule has 0 spiro atoms. The standard InChI is InChI=1S/C15H21ClN2O3/c1-2-17-15(20)10-3-6-14(13(16)7-10)21-9-12(19)8-18-11-4-5-11/h3,6-7,11-12,18-19H,2,4-5,8-9H2,1H3,(H,17,20). The van der Waals surface area contributed by atoms with E-state index in [1.807, 2.05) is 6.92 Å². The van der Waals surface area contributed by atoms with Crippen LogP contribution >= 0.6 is 11.6 Å². The minimum Gasteiger partial charge on any atom is -0.489 e. The molecule has 116 valence electrons. The molecule has 1 aliphatic rings. The van der Waals surface area contributed by atoms with E-state index in [-0.39, 0.29) is 12.5 Å². The van der Waals surface area contributed by atoms with Crippen LogP contribution < -0.4 is 15.4 Å². The number of hydrogen-bond donors (Lipinski definition) is 3. The summed E-state index contributed by atoms with van der Waals surface area (Å²) >= 11 is 6.09. The summed E-state index contributed by atoms with van der Waals surface area (Å²) in [6, 6.07) is 5.42. The third kappa shape index (κ3) is 5.19. The maximum atomic E-state index is 11.7. The van der Waals surface area contributed by atoms with Crippen LogP contribution in [-0.4, -0.2) is 42.9 Å². The second kappa shape index (κ2) is 7.64. The van der Waals surface area contributed by atoms with Crippen LogP contribution in [0, 0.1) is 0 Å². The van der Waals surface area contributed by atoms with Gasteiger partial charge in [-0.15, -0.1) is 0 Å². The van der Waals surface area contributed by atoms with Crippen LogP contribution in [0.5, 0.6) is 5.75 Å². The number of ether oxygens (including phenoxy) is 1. The van der Waals surface area contributed by atoms with Crippen LogP contribution in [0.2, 0.25) is 5.02 Å². The number of carbonyl (C=O) groups excluding carboxylic acids is 1. The number of hydrogen-bond acceptors (Lipinski definition) is 4. The van der Waals surface area contributed by atoms with Gasteiger partial charge in [0.05, 0.1) is 5.02 Å².